The molecule has 0 aliphatic rings. The molecular formula is C11H10F2N2O. The highest BCUT2D eigenvalue weighted by Gasteiger charge is 2.15. The van der Waals surface area contributed by atoms with E-state index < -0.39 is 17.7 Å². The molecule has 1 unspecified atom stereocenters. The zero-order valence-electron chi connectivity index (χ0n) is 8.56. The van der Waals surface area contributed by atoms with Gasteiger partial charge in [0.25, 0.3) is 0 Å². The summed E-state index contributed by atoms with van der Waals surface area (Å²) in [6.45, 7) is 0. The van der Waals surface area contributed by atoms with Gasteiger partial charge in [-0.15, -0.1) is 0 Å². The molecule has 0 saturated heterocycles. The molecule has 1 atom stereocenters. The van der Waals surface area contributed by atoms with E-state index in [-0.39, 0.29) is 0 Å². The van der Waals surface area contributed by atoms with Crippen LogP contribution in [0.15, 0.2) is 30.7 Å². The fourth-order valence-electron chi connectivity index (χ4n) is 1.48. The van der Waals surface area contributed by atoms with Crippen molar-refractivity contribution in [2.75, 3.05) is 0 Å². The quantitative estimate of drug-likeness (QED) is 0.844. The minimum absolute atomic E-state index is 0.294. The molecule has 0 bridgehead atoms. The van der Waals surface area contributed by atoms with Crippen LogP contribution in [-0.4, -0.2) is 14.7 Å². The molecule has 1 N–H and O–H groups in total. The van der Waals surface area contributed by atoms with Crippen molar-refractivity contribution >= 4 is 0 Å². The molecule has 2 aromatic rings. The van der Waals surface area contributed by atoms with Gasteiger partial charge in [-0.05, 0) is 17.7 Å². The van der Waals surface area contributed by atoms with Crippen LogP contribution >= 0.6 is 0 Å². The van der Waals surface area contributed by atoms with Gasteiger partial charge in [0.05, 0.1) is 18.2 Å². The van der Waals surface area contributed by atoms with Crippen molar-refractivity contribution in [1.82, 2.24) is 9.55 Å². The molecule has 0 saturated carbocycles. The number of aryl methyl sites for hydroxylation is 1. The lowest BCUT2D eigenvalue weighted by Crippen LogP contribution is -2.05. The average Bonchev–Trinajstić information content (AvgIpc) is 2.67. The van der Waals surface area contributed by atoms with Crippen LogP contribution < -0.4 is 0 Å². The van der Waals surface area contributed by atoms with E-state index in [1.807, 2.05) is 0 Å². The summed E-state index contributed by atoms with van der Waals surface area (Å²) in [7, 11) is 1.71. The van der Waals surface area contributed by atoms with Gasteiger partial charge in [-0.2, -0.15) is 0 Å². The van der Waals surface area contributed by atoms with Crippen LogP contribution in [0.5, 0.6) is 0 Å². The molecule has 0 radical (unpaired) electrons. The van der Waals surface area contributed by atoms with Gasteiger partial charge in [0.15, 0.2) is 11.6 Å². The first-order valence-corrected chi connectivity index (χ1v) is 4.69. The van der Waals surface area contributed by atoms with Crippen LogP contribution in [0.2, 0.25) is 0 Å². The molecule has 3 nitrogen and oxygen atoms in total. The highest BCUT2D eigenvalue weighted by Crippen LogP contribution is 2.22. The van der Waals surface area contributed by atoms with E-state index in [9.17, 15) is 13.9 Å². The van der Waals surface area contributed by atoms with Crippen LogP contribution in [0.3, 0.4) is 0 Å². The largest absolute Gasteiger partial charge is 0.382 e. The molecule has 1 heterocycles. The highest BCUT2D eigenvalue weighted by molar-refractivity contribution is 5.26. The summed E-state index contributed by atoms with van der Waals surface area (Å²) in [5, 5.41) is 9.93. The van der Waals surface area contributed by atoms with E-state index in [0.29, 0.717) is 11.3 Å². The lowest BCUT2D eigenvalue weighted by molar-refractivity contribution is 0.210. The number of aromatic nitrogens is 2. The molecule has 0 aliphatic carbocycles. The maximum atomic E-state index is 13.0. The topological polar surface area (TPSA) is 38.0 Å². The Morgan fingerprint density at radius 1 is 1.31 bits per heavy atom. The zero-order valence-corrected chi connectivity index (χ0v) is 8.56. The fraction of sp³-hybridized carbons (Fsp3) is 0.182. The summed E-state index contributed by atoms with van der Waals surface area (Å²) in [6, 6.07) is 3.31. The minimum atomic E-state index is -1.01. The Bertz CT molecular complexity index is 510. The normalized spacial score (nSPS) is 12.8. The second-order valence-corrected chi connectivity index (χ2v) is 3.51. The number of rotatable bonds is 2. The molecule has 0 fully saturated rings. The maximum absolute atomic E-state index is 13.0. The zero-order chi connectivity index (χ0) is 11.7. The van der Waals surface area contributed by atoms with Gasteiger partial charge in [0.1, 0.15) is 6.10 Å². The Hall–Kier alpha value is -1.75. The Balaban J connectivity index is 2.38. The number of hydrogen-bond donors (Lipinski definition) is 1. The first-order valence-electron chi connectivity index (χ1n) is 4.69. The van der Waals surface area contributed by atoms with Crippen molar-refractivity contribution in [2.24, 2.45) is 7.05 Å². The van der Waals surface area contributed by atoms with Gasteiger partial charge in [-0.25, -0.2) is 13.8 Å². The predicted molar refractivity (Wildman–Crippen MR) is 53.6 cm³/mol. The Morgan fingerprint density at radius 2 is 2.06 bits per heavy atom. The second kappa shape index (κ2) is 4.02. The summed E-state index contributed by atoms with van der Waals surface area (Å²) in [4.78, 5) is 3.84. The number of halogens is 2. The number of aliphatic hydroxyl groups excluding tert-OH is 1. The monoisotopic (exact) mass is 224 g/mol. The van der Waals surface area contributed by atoms with Crippen LogP contribution in [0.1, 0.15) is 17.4 Å². The molecule has 0 spiro atoms. The van der Waals surface area contributed by atoms with Gasteiger partial charge in [0, 0.05) is 7.05 Å². The van der Waals surface area contributed by atoms with Gasteiger partial charge in [-0.1, -0.05) is 6.07 Å². The third-order valence-electron chi connectivity index (χ3n) is 2.39. The molecule has 5 heteroatoms. The van der Waals surface area contributed by atoms with E-state index >= 15 is 0 Å². The van der Waals surface area contributed by atoms with Crippen molar-refractivity contribution in [3.8, 4) is 0 Å². The van der Waals surface area contributed by atoms with E-state index in [0.717, 1.165) is 12.1 Å². The number of imidazole rings is 1. The predicted octanol–water partition coefficient (Wildman–Crippen LogP) is 1.78. The summed E-state index contributed by atoms with van der Waals surface area (Å²) in [5.74, 6) is -1.90. The first-order chi connectivity index (χ1) is 7.59. The van der Waals surface area contributed by atoms with Crippen molar-refractivity contribution in [2.45, 2.75) is 6.10 Å². The molecule has 0 aliphatic heterocycles. The van der Waals surface area contributed by atoms with Crippen LogP contribution in [0.4, 0.5) is 8.78 Å². The van der Waals surface area contributed by atoms with Crippen LogP contribution in [0.25, 0.3) is 0 Å². The second-order valence-electron chi connectivity index (χ2n) is 3.51. The van der Waals surface area contributed by atoms with E-state index in [1.54, 1.807) is 11.6 Å². The summed E-state index contributed by atoms with van der Waals surface area (Å²) < 4.78 is 27.3. The molecular weight excluding hydrogens is 214 g/mol. The van der Waals surface area contributed by atoms with Gasteiger partial charge >= 0.3 is 0 Å². The van der Waals surface area contributed by atoms with Crippen LogP contribution in [-0.2, 0) is 7.05 Å². The summed E-state index contributed by atoms with van der Waals surface area (Å²) >= 11 is 0. The van der Waals surface area contributed by atoms with E-state index in [4.69, 9.17) is 0 Å². The van der Waals surface area contributed by atoms with Crippen molar-refractivity contribution in [1.29, 1.82) is 0 Å². The smallest absolute Gasteiger partial charge is 0.159 e. The van der Waals surface area contributed by atoms with Crippen molar-refractivity contribution in [3.05, 3.63) is 53.6 Å². The Labute approximate surface area is 91.0 Å². The number of nitrogens with zero attached hydrogens (tertiary/aromatic N) is 2. The Kier molecular flexibility index (Phi) is 2.70. The van der Waals surface area contributed by atoms with Crippen molar-refractivity contribution < 1.29 is 13.9 Å². The lowest BCUT2D eigenvalue weighted by Gasteiger charge is -2.11. The SMILES string of the molecule is Cn1cncc1C(O)c1ccc(F)c(F)c1. The molecule has 1 aromatic heterocycles. The number of hydrogen-bond acceptors (Lipinski definition) is 2. The highest BCUT2D eigenvalue weighted by atomic mass is 19.2. The Morgan fingerprint density at radius 3 is 2.62 bits per heavy atom. The molecule has 2 rings (SSSR count). The van der Waals surface area contributed by atoms with Gasteiger partial charge in [0.2, 0.25) is 0 Å². The van der Waals surface area contributed by atoms with Crippen LogP contribution in [0, 0.1) is 11.6 Å². The lowest BCUT2D eigenvalue weighted by atomic mass is 10.1. The third-order valence-corrected chi connectivity index (χ3v) is 2.39. The summed E-state index contributed by atoms with van der Waals surface area (Å²) in [5.41, 5.74) is 0.813. The molecule has 16 heavy (non-hydrogen) atoms. The van der Waals surface area contributed by atoms with Gasteiger partial charge < -0.3 is 9.67 Å². The average molecular weight is 224 g/mol. The third kappa shape index (κ3) is 1.81. The standard InChI is InChI=1S/C11H10F2N2O/c1-15-6-14-5-10(15)11(16)7-2-3-8(12)9(13)4-7/h2-6,11,16H,1H3. The van der Waals surface area contributed by atoms with E-state index in [2.05, 4.69) is 4.98 Å². The molecule has 0 amide bonds. The molecule has 1 aromatic carbocycles. The van der Waals surface area contributed by atoms with E-state index in [1.165, 1.54) is 18.6 Å². The maximum Gasteiger partial charge on any atom is 0.159 e. The number of benzene rings is 1. The van der Waals surface area contributed by atoms with Gasteiger partial charge in [-0.3, -0.25) is 0 Å². The minimum Gasteiger partial charge on any atom is -0.382 e. The molecule has 84 valence electrons. The first kappa shape index (κ1) is 10.8. The fourth-order valence-corrected chi connectivity index (χ4v) is 1.48. The number of aliphatic hydroxyl groups is 1. The summed E-state index contributed by atoms with van der Waals surface area (Å²) in [6.07, 6.45) is 1.99. The van der Waals surface area contributed by atoms with Crippen molar-refractivity contribution in [3.63, 3.8) is 0 Å².